The maximum Gasteiger partial charge on any atom is 0.182 e. The Balaban J connectivity index is 2.36. The topological polar surface area (TPSA) is 39.2 Å². The minimum Gasteiger partial charge on any atom is -0.493 e. The van der Waals surface area contributed by atoms with Crippen molar-refractivity contribution in [2.45, 2.75) is 0 Å². The molecule has 4 nitrogen and oxygen atoms in total. The number of para-hydroxylation sites is 1. The van der Waals surface area contributed by atoms with E-state index >= 15 is 0 Å². The number of H-pyrrole nitrogens is 1. The molecule has 0 fully saturated rings. The number of methoxy groups -OCH3 is 2. The molecule has 3 rings (SSSR count). The van der Waals surface area contributed by atoms with Gasteiger partial charge < -0.3 is 14.5 Å². The molecule has 0 saturated heterocycles. The highest BCUT2D eigenvalue weighted by Gasteiger charge is 2.13. The molecule has 0 saturated carbocycles. The summed E-state index contributed by atoms with van der Waals surface area (Å²) in [5.41, 5.74) is 2.80. The Bertz CT molecular complexity index is 870. The van der Waals surface area contributed by atoms with Crippen molar-refractivity contribution in [1.82, 2.24) is 9.55 Å². The van der Waals surface area contributed by atoms with Gasteiger partial charge in [0, 0.05) is 16.6 Å². The summed E-state index contributed by atoms with van der Waals surface area (Å²) in [6.45, 7) is 0. The minimum absolute atomic E-state index is 0.618. The standard InChI is InChI=1S/C15H13BrN2O2S/c1-19-13-7-10-12(8-14(13)20-2)18(15(21)17-10)11-6-4-3-5-9(11)16/h3-8H,1-2H3,(H,17,21). The zero-order valence-electron chi connectivity index (χ0n) is 11.5. The second-order valence-corrected chi connectivity index (χ2v) is 5.68. The number of aromatic amines is 1. The van der Waals surface area contributed by atoms with Crippen molar-refractivity contribution < 1.29 is 9.47 Å². The number of nitrogens with one attached hydrogen (secondary N) is 1. The van der Waals surface area contributed by atoms with E-state index in [1.165, 1.54) is 0 Å². The van der Waals surface area contributed by atoms with E-state index in [1.54, 1.807) is 14.2 Å². The molecule has 0 atom stereocenters. The van der Waals surface area contributed by atoms with E-state index < -0.39 is 0 Å². The molecule has 1 aromatic heterocycles. The lowest BCUT2D eigenvalue weighted by atomic mass is 10.2. The molecule has 6 heteroatoms. The lowest BCUT2D eigenvalue weighted by molar-refractivity contribution is 0.355. The number of hydrogen-bond acceptors (Lipinski definition) is 3. The number of rotatable bonds is 3. The fourth-order valence-corrected chi connectivity index (χ4v) is 3.07. The molecule has 0 aliphatic carbocycles. The van der Waals surface area contributed by atoms with Crippen LogP contribution >= 0.6 is 28.1 Å². The molecule has 0 aliphatic rings. The maximum absolute atomic E-state index is 5.46. The highest BCUT2D eigenvalue weighted by molar-refractivity contribution is 9.10. The van der Waals surface area contributed by atoms with E-state index in [9.17, 15) is 0 Å². The summed E-state index contributed by atoms with van der Waals surface area (Å²) < 4.78 is 14.3. The smallest absolute Gasteiger partial charge is 0.182 e. The first-order valence-electron chi connectivity index (χ1n) is 6.27. The third-order valence-electron chi connectivity index (χ3n) is 3.28. The molecule has 0 spiro atoms. The normalized spacial score (nSPS) is 10.8. The van der Waals surface area contributed by atoms with Gasteiger partial charge in [-0.3, -0.25) is 4.57 Å². The molecule has 108 valence electrons. The molecular weight excluding hydrogens is 352 g/mol. The van der Waals surface area contributed by atoms with Gasteiger partial charge in [0.1, 0.15) is 0 Å². The van der Waals surface area contributed by atoms with Crippen LogP contribution in [-0.4, -0.2) is 23.8 Å². The van der Waals surface area contributed by atoms with Gasteiger partial charge in [0.2, 0.25) is 0 Å². The Labute approximate surface area is 135 Å². The van der Waals surface area contributed by atoms with E-state index in [1.807, 2.05) is 41.0 Å². The van der Waals surface area contributed by atoms with E-state index in [4.69, 9.17) is 21.7 Å². The van der Waals surface area contributed by atoms with Crippen molar-refractivity contribution in [3.05, 3.63) is 45.6 Å². The van der Waals surface area contributed by atoms with Crippen molar-refractivity contribution in [1.29, 1.82) is 0 Å². The summed E-state index contributed by atoms with van der Waals surface area (Å²) in [5.74, 6) is 1.33. The fraction of sp³-hybridized carbons (Fsp3) is 0.133. The van der Waals surface area contributed by atoms with Gasteiger partial charge in [-0.2, -0.15) is 0 Å². The van der Waals surface area contributed by atoms with Crippen molar-refractivity contribution in [3.63, 3.8) is 0 Å². The third kappa shape index (κ3) is 2.34. The van der Waals surface area contributed by atoms with Gasteiger partial charge in [-0.15, -0.1) is 0 Å². The number of nitrogens with zero attached hydrogens (tertiary/aromatic N) is 1. The second-order valence-electron chi connectivity index (χ2n) is 4.44. The third-order valence-corrected chi connectivity index (χ3v) is 4.24. The molecule has 0 amide bonds. The first-order valence-corrected chi connectivity index (χ1v) is 7.47. The summed E-state index contributed by atoms with van der Waals surface area (Å²) in [4.78, 5) is 3.20. The van der Waals surface area contributed by atoms with Crippen molar-refractivity contribution in [2.75, 3.05) is 14.2 Å². The van der Waals surface area contributed by atoms with Crippen LogP contribution in [0.25, 0.3) is 16.7 Å². The van der Waals surface area contributed by atoms with Crippen LogP contribution in [0.1, 0.15) is 0 Å². The summed E-state index contributed by atoms with van der Waals surface area (Å²) in [6, 6.07) is 11.7. The van der Waals surface area contributed by atoms with Crippen LogP contribution in [0.15, 0.2) is 40.9 Å². The number of imidazole rings is 1. The van der Waals surface area contributed by atoms with Crippen molar-refractivity contribution in [3.8, 4) is 17.2 Å². The van der Waals surface area contributed by atoms with E-state index in [0.29, 0.717) is 16.3 Å². The highest BCUT2D eigenvalue weighted by Crippen LogP contribution is 2.34. The van der Waals surface area contributed by atoms with Gasteiger partial charge in [-0.05, 0) is 40.3 Å². The van der Waals surface area contributed by atoms with Gasteiger partial charge in [0.25, 0.3) is 0 Å². The van der Waals surface area contributed by atoms with E-state index in [-0.39, 0.29) is 0 Å². The zero-order valence-corrected chi connectivity index (χ0v) is 13.9. The number of ether oxygens (including phenoxy) is 2. The molecule has 0 aliphatic heterocycles. The summed E-state index contributed by atoms with van der Waals surface area (Å²) in [6.07, 6.45) is 0. The minimum atomic E-state index is 0.618. The molecule has 2 aromatic carbocycles. The first kappa shape index (κ1) is 14.2. The molecule has 21 heavy (non-hydrogen) atoms. The Kier molecular flexibility index (Phi) is 3.73. The van der Waals surface area contributed by atoms with Crippen molar-refractivity contribution >= 4 is 39.2 Å². The molecule has 1 N–H and O–H groups in total. The lowest BCUT2D eigenvalue weighted by Crippen LogP contribution is -1.96. The fourth-order valence-electron chi connectivity index (χ4n) is 2.31. The van der Waals surface area contributed by atoms with Crippen LogP contribution in [0.5, 0.6) is 11.5 Å². The average molecular weight is 365 g/mol. The number of hydrogen-bond donors (Lipinski definition) is 1. The number of halogens is 1. The predicted octanol–water partition coefficient (Wildman–Crippen LogP) is 4.47. The van der Waals surface area contributed by atoms with Crippen LogP contribution in [-0.2, 0) is 0 Å². The Morgan fingerprint density at radius 2 is 1.76 bits per heavy atom. The number of aromatic nitrogens is 2. The largest absolute Gasteiger partial charge is 0.493 e. The molecule has 0 radical (unpaired) electrons. The molecule has 1 heterocycles. The molecule has 0 bridgehead atoms. The Hall–Kier alpha value is -1.79. The first-order chi connectivity index (χ1) is 10.2. The monoisotopic (exact) mass is 364 g/mol. The molecular formula is C15H13BrN2O2S. The quantitative estimate of drug-likeness (QED) is 0.697. The van der Waals surface area contributed by atoms with Gasteiger partial charge in [-0.1, -0.05) is 12.1 Å². The summed E-state index contributed by atoms with van der Waals surface area (Å²) >= 11 is 9.02. The zero-order chi connectivity index (χ0) is 15.0. The van der Waals surface area contributed by atoms with Crippen LogP contribution in [0.4, 0.5) is 0 Å². The van der Waals surface area contributed by atoms with Crippen molar-refractivity contribution in [2.24, 2.45) is 0 Å². The van der Waals surface area contributed by atoms with Crippen LogP contribution in [0.2, 0.25) is 0 Å². The van der Waals surface area contributed by atoms with Gasteiger partial charge in [-0.25, -0.2) is 0 Å². The average Bonchev–Trinajstić information content (AvgIpc) is 2.81. The summed E-state index contributed by atoms with van der Waals surface area (Å²) in [5, 5.41) is 0. The van der Waals surface area contributed by atoms with Gasteiger partial charge in [0.15, 0.2) is 16.3 Å². The van der Waals surface area contributed by atoms with Crippen LogP contribution < -0.4 is 9.47 Å². The van der Waals surface area contributed by atoms with Gasteiger partial charge >= 0.3 is 0 Å². The molecule has 3 aromatic rings. The SMILES string of the molecule is COc1cc2[nH]c(=S)n(-c3ccccc3Br)c2cc1OC. The van der Waals surface area contributed by atoms with Crippen LogP contribution in [0, 0.1) is 4.77 Å². The van der Waals surface area contributed by atoms with E-state index in [2.05, 4.69) is 20.9 Å². The van der Waals surface area contributed by atoms with Gasteiger partial charge in [0.05, 0.1) is 30.9 Å². The predicted molar refractivity (Wildman–Crippen MR) is 89.3 cm³/mol. The Morgan fingerprint density at radius 3 is 2.43 bits per heavy atom. The second kappa shape index (κ2) is 5.54. The lowest BCUT2D eigenvalue weighted by Gasteiger charge is -2.10. The van der Waals surface area contributed by atoms with E-state index in [0.717, 1.165) is 21.2 Å². The number of fused-ring (bicyclic) bond motifs is 1. The number of benzene rings is 2. The molecule has 0 unspecified atom stereocenters. The summed E-state index contributed by atoms with van der Waals surface area (Å²) in [7, 11) is 3.23. The maximum atomic E-state index is 5.46. The Morgan fingerprint density at radius 1 is 1.10 bits per heavy atom. The highest BCUT2D eigenvalue weighted by atomic mass is 79.9. The van der Waals surface area contributed by atoms with Crippen LogP contribution in [0.3, 0.4) is 0 Å².